The molecule has 0 fully saturated rings. The van der Waals surface area contributed by atoms with Crippen LogP contribution in [0.1, 0.15) is 23.0 Å². The lowest BCUT2D eigenvalue weighted by Gasteiger charge is -2.19. The van der Waals surface area contributed by atoms with Crippen molar-refractivity contribution in [2.24, 2.45) is 7.05 Å². The maximum Gasteiger partial charge on any atom is 0.455 e. The van der Waals surface area contributed by atoms with Crippen molar-refractivity contribution in [3.8, 4) is 0 Å². The molecule has 0 aromatic carbocycles. The zero-order valence-corrected chi connectivity index (χ0v) is 11.2. The molecule has 0 spiro atoms. The van der Waals surface area contributed by atoms with Crippen molar-refractivity contribution in [2.75, 3.05) is 13.2 Å². The molecule has 0 saturated heterocycles. The van der Waals surface area contributed by atoms with E-state index in [1.165, 1.54) is 7.05 Å². The van der Waals surface area contributed by atoms with Crippen LogP contribution in [0.2, 0.25) is 0 Å². The van der Waals surface area contributed by atoms with Gasteiger partial charge in [-0.1, -0.05) is 0 Å². The third-order valence-corrected chi connectivity index (χ3v) is 2.49. The number of rotatable bonds is 6. The summed E-state index contributed by atoms with van der Waals surface area (Å²) in [5, 5.41) is 3.71. The maximum absolute atomic E-state index is 12.7. The van der Waals surface area contributed by atoms with Crippen LogP contribution in [0.25, 0.3) is 0 Å². The van der Waals surface area contributed by atoms with E-state index in [2.05, 4.69) is 9.84 Å². The van der Waals surface area contributed by atoms with Crippen LogP contribution in [0.5, 0.6) is 0 Å². The first-order valence-electron chi connectivity index (χ1n) is 5.80. The molecule has 120 valence electrons. The largest absolute Gasteiger partial charge is 0.462 e. The van der Waals surface area contributed by atoms with Crippen molar-refractivity contribution in [3.63, 3.8) is 0 Å². The number of alkyl halides is 5. The standard InChI is InChI=1S/C11H13F5N2O3/c1-3-21-9(19)7-4-17-18(2)8(7)5-20-6-10(12,13)11(14,15)16/h4H,3,5-6H2,1-2H3. The first-order chi connectivity index (χ1) is 9.60. The Morgan fingerprint density at radius 1 is 1.33 bits per heavy atom. The summed E-state index contributed by atoms with van der Waals surface area (Å²) in [5.41, 5.74) is 0.00102. The van der Waals surface area contributed by atoms with Crippen molar-refractivity contribution >= 4 is 5.97 Å². The SMILES string of the molecule is CCOC(=O)c1cnn(C)c1COCC(F)(F)C(F)(F)F. The zero-order valence-electron chi connectivity index (χ0n) is 11.2. The molecule has 1 aromatic rings. The third kappa shape index (κ3) is 4.13. The Labute approximate surface area is 116 Å². The molecule has 0 amide bonds. The fraction of sp³-hybridized carbons (Fsp3) is 0.636. The summed E-state index contributed by atoms with van der Waals surface area (Å²) in [5.74, 6) is -5.72. The van der Waals surface area contributed by atoms with E-state index < -0.39 is 31.3 Å². The van der Waals surface area contributed by atoms with E-state index >= 15 is 0 Å². The Bertz CT molecular complexity index is 499. The van der Waals surface area contributed by atoms with Crippen molar-refractivity contribution in [1.82, 2.24) is 9.78 Å². The number of esters is 1. The summed E-state index contributed by atoms with van der Waals surface area (Å²) in [6.07, 6.45) is -4.57. The van der Waals surface area contributed by atoms with Gasteiger partial charge in [0, 0.05) is 7.05 Å². The molecular formula is C11H13F5N2O3. The van der Waals surface area contributed by atoms with Crippen LogP contribution < -0.4 is 0 Å². The zero-order chi connectivity index (χ0) is 16.3. The minimum absolute atomic E-state index is 0.0466. The molecule has 21 heavy (non-hydrogen) atoms. The molecule has 0 bridgehead atoms. The lowest BCUT2D eigenvalue weighted by Crippen LogP contribution is -2.40. The lowest BCUT2D eigenvalue weighted by atomic mass is 10.2. The normalized spacial score (nSPS) is 12.5. The average molecular weight is 316 g/mol. The Hall–Kier alpha value is -1.71. The summed E-state index contributed by atoms with van der Waals surface area (Å²) >= 11 is 0. The van der Waals surface area contributed by atoms with Crippen LogP contribution in [-0.2, 0) is 23.1 Å². The summed E-state index contributed by atoms with van der Waals surface area (Å²) in [6.45, 7) is -0.825. The first kappa shape index (κ1) is 17.3. The maximum atomic E-state index is 12.7. The molecule has 0 aliphatic heterocycles. The van der Waals surface area contributed by atoms with Crippen LogP contribution in [0.4, 0.5) is 22.0 Å². The second kappa shape index (κ2) is 6.37. The van der Waals surface area contributed by atoms with Crippen LogP contribution in [0, 0.1) is 0 Å². The van der Waals surface area contributed by atoms with Crippen LogP contribution in [-0.4, -0.2) is 41.1 Å². The summed E-state index contributed by atoms with van der Waals surface area (Å²) < 4.78 is 71.5. The van der Waals surface area contributed by atoms with Crippen LogP contribution in [0.15, 0.2) is 6.20 Å². The average Bonchev–Trinajstić information content (AvgIpc) is 2.70. The van der Waals surface area contributed by atoms with Gasteiger partial charge in [-0.15, -0.1) is 0 Å². The molecule has 0 unspecified atom stereocenters. The molecule has 1 aromatic heterocycles. The minimum atomic E-state index is -5.69. The van der Waals surface area contributed by atoms with Gasteiger partial charge in [-0.05, 0) is 6.92 Å². The number of halogens is 5. The van der Waals surface area contributed by atoms with Gasteiger partial charge in [0.1, 0.15) is 12.2 Å². The van der Waals surface area contributed by atoms with Gasteiger partial charge < -0.3 is 9.47 Å². The molecule has 0 N–H and O–H groups in total. The molecule has 1 rings (SSSR count). The Balaban J connectivity index is 2.72. The minimum Gasteiger partial charge on any atom is -0.462 e. The van der Waals surface area contributed by atoms with E-state index in [4.69, 9.17) is 4.74 Å². The quantitative estimate of drug-likeness (QED) is 0.597. The summed E-state index contributed by atoms with van der Waals surface area (Å²) in [4.78, 5) is 11.5. The smallest absolute Gasteiger partial charge is 0.455 e. The Morgan fingerprint density at radius 2 is 1.95 bits per heavy atom. The number of hydrogen-bond donors (Lipinski definition) is 0. The molecular weight excluding hydrogens is 303 g/mol. The second-order valence-corrected chi connectivity index (χ2v) is 4.04. The molecule has 0 aliphatic carbocycles. The van der Waals surface area contributed by atoms with Gasteiger partial charge in [-0.2, -0.15) is 27.1 Å². The lowest BCUT2D eigenvalue weighted by molar-refractivity contribution is -0.297. The third-order valence-electron chi connectivity index (χ3n) is 2.49. The summed E-state index contributed by atoms with van der Waals surface area (Å²) in [6, 6.07) is 0. The van der Waals surface area contributed by atoms with Crippen LogP contribution in [0.3, 0.4) is 0 Å². The van der Waals surface area contributed by atoms with Crippen molar-refractivity contribution < 1.29 is 36.2 Å². The molecule has 10 heteroatoms. The monoisotopic (exact) mass is 316 g/mol. The van der Waals surface area contributed by atoms with Gasteiger partial charge in [-0.3, -0.25) is 4.68 Å². The highest BCUT2D eigenvalue weighted by Gasteiger charge is 2.57. The Morgan fingerprint density at radius 3 is 2.48 bits per heavy atom. The molecule has 0 saturated carbocycles. The van der Waals surface area contributed by atoms with Crippen molar-refractivity contribution in [3.05, 3.63) is 17.5 Å². The molecule has 0 aliphatic rings. The van der Waals surface area contributed by atoms with Gasteiger partial charge in [0.25, 0.3) is 0 Å². The fourth-order valence-electron chi connectivity index (χ4n) is 1.37. The topological polar surface area (TPSA) is 53.3 Å². The van der Waals surface area contributed by atoms with Gasteiger partial charge in [-0.25, -0.2) is 4.79 Å². The first-order valence-corrected chi connectivity index (χ1v) is 5.80. The number of aromatic nitrogens is 2. The number of ether oxygens (including phenoxy) is 2. The summed E-state index contributed by atoms with van der Waals surface area (Å²) in [7, 11) is 1.39. The highest BCUT2D eigenvalue weighted by atomic mass is 19.4. The van der Waals surface area contributed by atoms with Gasteiger partial charge >= 0.3 is 18.1 Å². The fourth-order valence-corrected chi connectivity index (χ4v) is 1.37. The van der Waals surface area contributed by atoms with Crippen molar-refractivity contribution in [1.29, 1.82) is 0 Å². The van der Waals surface area contributed by atoms with Gasteiger partial charge in [0.2, 0.25) is 0 Å². The number of nitrogens with zero attached hydrogens (tertiary/aromatic N) is 2. The van der Waals surface area contributed by atoms with Crippen molar-refractivity contribution in [2.45, 2.75) is 25.6 Å². The molecule has 0 atom stereocenters. The number of carbonyl (C=O) groups is 1. The molecule has 5 nitrogen and oxygen atoms in total. The number of hydrogen-bond acceptors (Lipinski definition) is 4. The van der Waals surface area contributed by atoms with E-state index in [0.717, 1.165) is 10.9 Å². The number of carbonyl (C=O) groups excluding carboxylic acids is 1. The molecule has 1 heterocycles. The van der Waals surface area contributed by atoms with E-state index in [-0.39, 0.29) is 17.9 Å². The highest BCUT2D eigenvalue weighted by molar-refractivity contribution is 5.90. The van der Waals surface area contributed by atoms with Gasteiger partial charge in [0.05, 0.1) is 25.1 Å². The second-order valence-electron chi connectivity index (χ2n) is 4.04. The van der Waals surface area contributed by atoms with E-state index in [1.807, 2.05) is 0 Å². The van der Waals surface area contributed by atoms with Gasteiger partial charge in [0.15, 0.2) is 0 Å². The number of aryl methyl sites for hydroxylation is 1. The van der Waals surface area contributed by atoms with E-state index in [9.17, 15) is 26.7 Å². The predicted molar refractivity (Wildman–Crippen MR) is 59.8 cm³/mol. The highest BCUT2D eigenvalue weighted by Crippen LogP contribution is 2.35. The Kier molecular flexibility index (Phi) is 5.26. The predicted octanol–water partition coefficient (Wildman–Crippen LogP) is 2.31. The molecule has 0 radical (unpaired) electrons. The van der Waals surface area contributed by atoms with E-state index in [1.54, 1.807) is 6.92 Å². The van der Waals surface area contributed by atoms with Crippen LogP contribution >= 0.6 is 0 Å². The van der Waals surface area contributed by atoms with E-state index in [0.29, 0.717) is 0 Å².